The van der Waals surface area contributed by atoms with Gasteiger partial charge in [0.05, 0.1) is 6.61 Å². The van der Waals surface area contributed by atoms with Crippen LogP contribution in [0, 0.1) is 0 Å². The van der Waals surface area contributed by atoms with Gasteiger partial charge in [-0.25, -0.2) is 0 Å². The summed E-state index contributed by atoms with van der Waals surface area (Å²) in [5.41, 5.74) is 1.09. The maximum Gasteiger partial charge on any atom is 0.293 e. The monoisotopic (exact) mass is 337 g/mol. The third-order valence-electron chi connectivity index (χ3n) is 3.63. The zero-order valence-corrected chi connectivity index (χ0v) is 15.3. The molecule has 1 heterocycles. The van der Waals surface area contributed by atoms with Crippen LogP contribution < -0.4 is 10.1 Å². The van der Waals surface area contributed by atoms with E-state index in [9.17, 15) is 4.79 Å². The van der Waals surface area contributed by atoms with Crippen LogP contribution in [0.2, 0.25) is 0 Å². The van der Waals surface area contributed by atoms with E-state index in [1.54, 1.807) is 7.11 Å². The molecule has 0 bridgehead atoms. The number of benzene rings is 1. The van der Waals surface area contributed by atoms with Crippen molar-refractivity contribution >= 4 is 6.47 Å². The normalized spacial score (nSPS) is 15.2. The predicted molar refractivity (Wildman–Crippen MR) is 95.6 cm³/mol. The second kappa shape index (κ2) is 11.0. The van der Waals surface area contributed by atoms with Crippen molar-refractivity contribution in [2.24, 2.45) is 0 Å². The van der Waals surface area contributed by atoms with Crippen molar-refractivity contribution in [2.45, 2.75) is 45.1 Å². The maximum atomic E-state index is 9.60. The van der Waals surface area contributed by atoms with Gasteiger partial charge in [0.1, 0.15) is 18.0 Å². The fourth-order valence-corrected chi connectivity index (χ4v) is 2.40. The van der Waals surface area contributed by atoms with E-state index in [-0.39, 0.29) is 5.60 Å². The highest BCUT2D eigenvalue weighted by molar-refractivity contribution is 5.37. The Labute approximate surface area is 145 Å². The molecule has 0 unspecified atom stereocenters. The van der Waals surface area contributed by atoms with Crippen LogP contribution in [0.5, 0.6) is 5.75 Å². The minimum atomic E-state index is -0.318. The molecule has 0 aromatic heterocycles. The van der Waals surface area contributed by atoms with Gasteiger partial charge in [0.25, 0.3) is 6.47 Å². The van der Waals surface area contributed by atoms with Gasteiger partial charge in [-0.15, -0.1) is 0 Å². The van der Waals surface area contributed by atoms with Crippen LogP contribution in [0.25, 0.3) is 0 Å². The molecule has 1 aliphatic heterocycles. The number of hydrogen-bond acceptors (Lipinski definition) is 5. The Bertz CT molecular complexity index is 465. The van der Waals surface area contributed by atoms with Gasteiger partial charge >= 0.3 is 0 Å². The molecule has 0 saturated carbocycles. The minimum absolute atomic E-state index is 0.318. The minimum Gasteiger partial charge on any atom is -0.491 e. The van der Waals surface area contributed by atoms with Gasteiger partial charge in [-0.05, 0) is 70.3 Å². The first-order valence-corrected chi connectivity index (χ1v) is 8.50. The smallest absolute Gasteiger partial charge is 0.293 e. The highest BCUT2D eigenvalue weighted by atomic mass is 16.5. The fourth-order valence-electron chi connectivity index (χ4n) is 2.40. The lowest BCUT2D eigenvalue weighted by Gasteiger charge is -2.23. The van der Waals surface area contributed by atoms with Crippen LogP contribution in [-0.2, 0) is 14.3 Å². The average molecular weight is 337 g/mol. The molecule has 0 amide bonds. The largest absolute Gasteiger partial charge is 0.491 e. The molecule has 24 heavy (non-hydrogen) atoms. The Hall–Kier alpha value is -1.59. The van der Waals surface area contributed by atoms with E-state index in [2.05, 4.69) is 28.3 Å². The number of hydrogen-bond donors (Lipinski definition) is 1. The van der Waals surface area contributed by atoms with Crippen molar-refractivity contribution in [2.75, 3.05) is 33.4 Å². The molecule has 0 spiro atoms. The summed E-state index contributed by atoms with van der Waals surface area (Å²) < 4.78 is 15.2. The van der Waals surface area contributed by atoms with Gasteiger partial charge in [0.2, 0.25) is 0 Å². The topological polar surface area (TPSA) is 56.8 Å². The zero-order valence-electron chi connectivity index (χ0n) is 15.3. The molecule has 5 nitrogen and oxygen atoms in total. The van der Waals surface area contributed by atoms with Crippen LogP contribution >= 0.6 is 0 Å². The second-order valence-electron chi connectivity index (χ2n) is 6.76. The van der Waals surface area contributed by atoms with Crippen molar-refractivity contribution in [3.8, 4) is 5.75 Å². The predicted octanol–water partition coefficient (Wildman–Crippen LogP) is 3.14. The van der Waals surface area contributed by atoms with Gasteiger partial charge in [0, 0.05) is 7.11 Å². The molecule has 1 fully saturated rings. The molecular weight excluding hydrogens is 306 g/mol. The first-order valence-electron chi connectivity index (χ1n) is 8.50. The maximum absolute atomic E-state index is 9.60. The van der Waals surface area contributed by atoms with E-state index >= 15 is 0 Å². The van der Waals surface area contributed by atoms with Crippen LogP contribution in [0.15, 0.2) is 24.3 Å². The molecule has 0 atom stereocenters. The number of carbonyl (C=O) groups excluding carboxylic acids is 1. The van der Waals surface area contributed by atoms with E-state index in [1.807, 2.05) is 26.8 Å². The van der Waals surface area contributed by atoms with Gasteiger partial charge in [0.15, 0.2) is 0 Å². The summed E-state index contributed by atoms with van der Waals surface area (Å²) in [6, 6.07) is 8.48. The lowest BCUT2D eigenvalue weighted by molar-refractivity contribution is -0.138. The van der Waals surface area contributed by atoms with Crippen molar-refractivity contribution in [1.82, 2.24) is 5.32 Å². The molecule has 0 aliphatic carbocycles. The number of carbonyl (C=O) groups is 1. The standard InChI is InChI=1S/C14H21NO2.C5H10O2/c1-16-9-10-17-14-4-2-3-13(11-14)12-5-7-15-8-6-12;1-5(2,3)7-4-6/h2-4,11-12,15H,5-10H2,1H3;4H,1-3H3. The molecule has 1 aromatic carbocycles. The van der Waals surface area contributed by atoms with E-state index in [1.165, 1.54) is 18.4 Å². The van der Waals surface area contributed by atoms with Crippen molar-refractivity contribution in [1.29, 1.82) is 0 Å². The summed E-state index contributed by atoms with van der Waals surface area (Å²) >= 11 is 0. The van der Waals surface area contributed by atoms with E-state index in [0.717, 1.165) is 18.8 Å². The highest BCUT2D eigenvalue weighted by Gasteiger charge is 2.15. The first-order chi connectivity index (χ1) is 11.5. The Morgan fingerprint density at radius 3 is 2.46 bits per heavy atom. The number of ether oxygens (including phenoxy) is 3. The first kappa shape index (κ1) is 20.5. The van der Waals surface area contributed by atoms with Crippen LogP contribution in [0.3, 0.4) is 0 Å². The third kappa shape index (κ3) is 8.89. The quantitative estimate of drug-likeness (QED) is 0.638. The summed E-state index contributed by atoms with van der Waals surface area (Å²) in [5.74, 6) is 1.64. The Morgan fingerprint density at radius 2 is 1.92 bits per heavy atom. The molecule has 1 aromatic rings. The average Bonchev–Trinajstić information content (AvgIpc) is 2.56. The van der Waals surface area contributed by atoms with E-state index in [0.29, 0.717) is 25.6 Å². The van der Waals surface area contributed by atoms with Gasteiger partial charge < -0.3 is 19.5 Å². The number of rotatable bonds is 6. The molecule has 1 aliphatic rings. The molecular formula is C19H31NO4. The Morgan fingerprint density at radius 1 is 1.21 bits per heavy atom. The molecule has 1 N–H and O–H groups in total. The SMILES string of the molecule is CC(C)(C)OC=O.COCCOc1cccc(C2CCNCC2)c1. The lowest BCUT2D eigenvalue weighted by atomic mass is 9.90. The van der Waals surface area contributed by atoms with Crippen LogP contribution in [0.4, 0.5) is 0 Å². The van der Waals surface area contributed by atoms with Crippen LogP contribution in [0.1, 0.15) is 45.1 Å². The van der Waals surface area contributed by atoms with Crippen molar-refractivity contribution in [3.05, 3.63) is 29.8 Å². The van der Waals surface area contributed by atoms with Gasteiger partial charge in [-0.3, -0.25) is 4.79 Å². The number of nitrogens with one attached hydrogen (secondary N) is 1. The number of methoxy groups -OCH3 is 1. The molecule has 2 rings (SSSR count). The summed E-state index contributed by atoms with van der Waals surface area (Å²) in [6.45, 7) is 9.42. The highest BCUT2D eigenvalue weighted by Crippen LogP contribution is 2.27. The Kier molecular flexibility index (Phi) is 9.42. The summed E-state index contributed by atoms with van der Waals surface area (Å²) in [7, 11) is 1.69. The molecule has 5 heteroatoms. The summed E-state index contributed by atoms with van der Waals surface area (Å²) in [5, 5.41) is 3.39. The van der Waals surface area contributed by atoms with Crippen molar-refractivity contribution in [3.63, 3.8) is 0 Å². The number of piperidine rings is 1. The fraction of sp³-hybridized carbons (Fsp3) is 0.632. The second-order valence-corrected chi connectivity index (χ2v) is 6.76. The third-order valence-corrected chi connectivity index (χ3v) is 3.63. The molecule has 0 radical (unpaired) electrons. The zero-order chi connectivity index (χ0) is 17.8. The molecule has 1 saturated heterocycles. The van der Waals surface area contributed by atoms with E-state index < -0.39 is 0 Å². The van der Waals surface area contributed by atoms with Crippen LogP contribution in [-0.4, -0.2) is 45.5 Å². The lowest BCUT2D eigenvalue weighted by Crippen LogP contribution is -2.26. The van der Waals surface area contributed by atoms with E-state index in [4.69, 9.17) is 9.47 Å². The van der Waals surface area contributed by atoms with Gasteiger partial charge in [-0.1, -0.05) is 12.1 Å². The van der Waals surface area contributed by atoms with Crippen molar-refractivity contribution < 1.29 is 19.0 Å². The summed E-state index contributed by atoms with van der Waals surface area (Å²) in [6.07, 6.45) is 2.45. The summed E-state index contributed by atoms with van der Waals surface area (Å²) in [4.78, 5) is 9.60. The van der Waals surface area contributed by atoms with Gasteiger partial charge in [-0.2, -0.15) is 0 Å². The Balaban J connectivity index is 0.000000351. The molecule has 136 valence electrons.